The molecule has 0 aromatic heterocycles. The maximum Gasteiger partial charge on any atom is 0.266 e. The smallest absolute Gasteiger partial charge is 0.266 e. The highest BCUT2D eigenvalue weighted by atomic mass is 79.9. The quantitative estimate of drug-likeness (QED) is 0.205. The Kier molecular flexibility index (Phi) is 9.72. The first-order chi connectivity index (χ1) is 14.0. The number of unbranched alkanes of at least 4 members (excludes halogenated alkanes) is 3. The first-order valence-electron chi connectivity index (χ1n) is 9.25. The van der Waals surface area contributed by atoms with Gasteiger partial charge in [-0.05, 0) is 74.2 Å². The summed E-state index contributed by atoms with van der Waals surface area (Å²) in [6.45, 7) is 2.81. The van der Waals surface area contributed by atoms with Gasteiger partial charge >= 0.3 is 0 Å². The minimum absolute atomic E-state index is 0.0306. The number of hydrogen-bond donors (Lipinski definition) is 1. The second kappa shape index (κ2) is 12.0. The van der Waals surface area contributed by atoms with Crippen LogP contribution in [-0.2, 0) is 4.79 Å². The van der Waals surface area contributed by atoms with Crippen LogP contribution in [0.5, 0.6) is 5.75 Å². The van der Waals surface area contributed by atoms with E-state index in [-0.39, 0.29) is 5.57 Å². The normalized spacial score (nSPS) is 11.1. The summed E-state index contributed by atoms with van der Waals surface area (Å²) in [6.07, 6.45) is 6.03. The monoisotopic (exact) mass is 538 g/mol. The van der Waals surface area contributed by atoms with E-state index in [0.29, 0.717) is 28.6 Å². The van der Waals surface area contributed by atoms with Gasteiger partial charge in [0.25, 0.3) is 5.91 Å². The van der Waals surface area contributed by atoms with Crippen LogP contribution in [0.2, 0.25) is 5.02 Å². The molecule has 2 aromatic rings. The molecular weight excluding hydrogens is 520 g/mol. The standard InChI is InChI=1S/C22H21Br2ClN2O2/c1-2-3-4-7-10-29-21-17(23)12-15(13-18(21)24)11-16(14-26)22(28)27-20-9-6-5-8-19(20)25/h5-6,8-9,11-13H,2-4,7,10H2,1H3,(H,27,28)/b16-11+. The summed E-state index contributed by atoms with van der Waals surface area (Å²) in [7, 11) is 0. The molecular formula is C22H21Br2ClN2O2. The number of carbonyl (C=O) groups is 1. The van der Waals surface area contributed by atoms with Crippen LogP contribution in [0, 0.1) is 11.3 Å². The molecule has 0 fully saturated rings. The molecule has 4 nitrogen and oxygen atoms in total. The molecule has 0 aliphatic carbocycles. The minimum Gasteiger partial charge on any atom is -0.491 e. The van der Waals surface area contributed by atoms with Gasteiger partial charge in [0.15, 0.2) is 0 Å². The van der Waals surface area contributed by atoms with E-state index in [0.717, 1.165) is 21.8 Å². The van der Waals surface area contributed by atoms with Gasteiger partial charge in [-0.1, -0.05) is 49.9 Å². The van der Waals surface area contributed by atoms with E-state index >= 15 is 0 Å². The van der Waals surface area contributed by atoms with Crippen molar-refractivity contribution >= 4 is 61.1 Å². The molecule has 2 rings (SSSR count). The number of rotatable bonds is 9. The Balaban J connectivity index is 2.13. The zero-order chi connectivity index (χ0) is 21.2. The molecule has 0 aliphatic rings. The number of carbonyl (C=O) groups excluding carboxylic acids is 1. The Morgan fingerprint density at radius 2 is 1.90 bits per heavy atom. The van der Waals surface area contributed by atoms with Crippen LogP contribution < -0.4 is 10.1 Å². The number of benzene rings is 2. The maximum absolute atomic E-state index is 12.5. The van der Waals surface area contributed by atoms with Crippen molar-refractivity contribution in [1.82, 2.24) is 0 Å². The molecule has 0 radical (unpaired) electrons. The molecule has 0 saturated carbocycles. The molecule has 0 aliphatic heterocycles. The van der Waals surface area contributed by atoms with Crippen molar-refractivity contribution in [3.63, 3.8) is 0 Å². The van der Waals surface area contributed by atoms with Crippen LogP contribution >= 0.6 is 43.5 Å². The van der Waals surface area contributed by atoms with E-state index in [2.05, 4.69) is 44.1 Å². The van der Waals surface area contributed by atoms with Gasteiger partial charge in [-0.15, -0.1) is 0 Å². The fourth-order valence-electron chi connectivity index (χ4n) is 2.57. The second-order valence-corrected chi connectivity index (χ2v) is 8.44. The van der Waals surface area contributed by atoms with Crippen molar-refractivity contribution in [2.75, 3.05) is 11.9 Å². The molecule has 0 saturated heterocycles. The lowest BCUT2D eigenvalue weighted by molar-refractivity contribution is -0.112. The van der Waals surface area contributed by atoms with Gasteiger partial charge in [-0.2, -0.15) is 5.26 Å². The van der Waals surface area contributed by atoms with E-state index in [1.54, 1.807) is 24.3 Å². The van der Waals surface area contributed by atoms with Crippen molar-refractivity contribution in [1.29, 1.82) is 5.26 Å². The number of anilines is 1. The van der Waals surface area contributed by atoms with E-state index in [1.807, 2.05) is 18.2 Å². The molecule has 152 valence electrons. The summed E-state index contributed by atoms with van der Waals surface area (Å²) in [5.41, 5.74) is 1.11. The van der Waals surface area contributed by atoms with Crippen molar-refractivity contribution < 1.29 is 9.53 Å². The Morgan fingerprint density at radius 1 is 1.21 bits per heavy atom. The molecule has 1 N–H and O–H groups in total. The third kappa shape index (κ3) is 7.18. The Morgan fingerprint density at radius 3 is 2.52 bits per heavy atom. The highest BCUT2D eigenvalue weighted by Crippen LogP contribution is 2.35. The average Bonchev–Trinajstić information content (AvgIpc) is 2.69. The number of nitriles is 1. The first-order valence-corrected chi connectivity index (χ1v) is 11.2. The number of amides is 1. The number of nitrogens with one attached hydrogen (secondary N) is 1. The second-order valence-electron chi connectivity index (χ2n) is 6.33. The third-order valence-electron chi connectivity index (χ3n) is 4.06. The van der Waals surface area contributed by atoms with E-state index in [9.17, 15) is 10.1 Å². The van der Waals surface area contributed by atoms with E-state index in [4.69, 9.17) is 16.3 Å². The Bertz CT molecular complexity index is 916. The fourth-order valence-corrected chi connectivity index (χ4v) is 4.21. The third-order valence-corrected chi connectivity index (χ3v) is 5.57. The van der Waals surface area contributed by atoms with Gasteiger partial charge in [0.05, 0.1) is 26.3 Å². The first kappa shape index (κ1) is 23.5. The van der Waals surface area contributed by atoms with Gasteiger partial charge in [-0.3, -0.25) is 4.79 Å². The van der Waals surface area contributed by atoms with Gasteiger partial charge in [0.1, 0.15) is 17.4 Å². The SMILES string of the molecule is CCCCCCOc1c(Br)cc(/C=C(\C#N)C(=O)Nc2ccccc2Cl)cc1Br. The molecule has 0 atom stereocenters. The highest BCUT2D eigenvalue weighted by Gasteiger charge is 2.13. The van der Waals surface area contributed by atoms with Crippen LogP contribution in [0.25, 0.3) is 6.08 Å². The van der Waals surface area contributed by atoms with Crippen LogP contribution in [0.1, 0.15) is 38.2 Å². The molecule has 7 heteroatoms. The highest BCUT2D eigenvalue weighted by molar-refractivity contribution is 9.11. The molecule has 29 heavy (non-hydrogen) atoms. The predicted molar refractivity (Wildman–Crippen MR) is 125 cm³/mol. The summed E-state index contributed by atoms with van der Waals surface area (Å²) in [5.74, 6) is 0.182. The lowest BCUT2D eigenvalue weighted by Crippen LogP contribution is -2.13. The van der Waals surface area contributed by atoms with Crippen LogP contribution in [0.15, 0.2) is 50.9 Å². The number of ether oxygens (including phenoxy) is 1. The summed E-state index contributed by atoms with van der Waals surface area (Å²) >= 11 is 13.1. The van der Waals surface area contributed by atoms with Crippen molar-refractivity contribution in [2.24, 2.45) is 0 Å². The Hall–Kier alpha value is -1.81. The zero-order valence-electron chi connectivity index (χ0n) is 16.0. The van der Waals surface area contributed by atoms with Gasteiger partial charge in [-0.25, -0.2) is 0 Å². The number of para-hydroxylation sites is 1. The van der Waals surface area contributed by atoms with Crippen molar-refractivity contribution in [2.45, 2.75) is 32.6 Å². The predicted octanol–water partition coefficient (Wildman–Crippen LogP) is 7.37. The maximum atomic E-state index is 12.5. The summed E-state index contributed by atoms with van der Waals surface area (Å²) < 4.78 is 7.36. The number of halogens is 3. The number of nitrogens with zero attached hydrogens (tertiary/aromatic N) is 1. The van der Waals surface area contributed by atoms with Crippen LogP contribution in [0.3, 0.4) is 0 Å². The van der Waals surface area contributed by atoms with Crippen molar-refractivity contribution in [3.8, 4) is 11.8 Å². The molecule has 2 aromatic carbocycles. The summed E-state index contributed by atoms with van der Waals surface area (Å²) in [6, 6.07) is 12.4. The lowest BCUT2D eigenvalue weighted by atomic mass is 10.1. The Labute approximate surface area is 193 Å². The molecule has 0 unspecified atom stereocenters. The fraction of sp³-hybridized carbons (Fsp3) is 0.273. The van der Waals surface area contributed by atoms with Crippen molar-refractivity contribution in [3.05, 3.63) is 61.5 Å². The molecule has 0 heterocycles. The van der Waals surface area contributed by atoms with Gasteiger partial charge in [0, 0.05) is 0 Å². The lowest BCUT2D eigenvalue weighted by Gasteiger charge is -2.11. The average molecular weight is 541 g/mol. The van der Waals surface area contributed by atoms with Gasteiger partial charge < -0.3 is 10.1 Å². The van der Waals surface area contributed by atoms with Crippen LogP contribution in [0.4, 0.5) is 5.69 Å². The van der Waals surface area contributed by atoms with E-state index < -0.39 is 5.91 Å². The topological polar surface area (TPSA) is 62.1 Å². The summed E-state index contributed by atoms with van der Waals surface area (Å²) in [5, 5.41) is 12.5. The van der Waals surface area contributed by atoms with E-state index in [1.165, 1.54) is 18.9 Å². The molecule has 0 spiro atoms. The zero-order valence-corrected chi connectivity index (χ0v) is 19.9. The minimum atomic E-state index is -0.524. The molecule has 1 amide bonds. The molecule has 0 bridgehead atoms. The largest absolute Gasteiger partial charge is 0.491 e. The van der Waals surface area contributed by atoms with Crippen LogP contribution in [-0.4, -0.2) is 12.5 Å². The number of hydrogen-bond acceptors (Lipinski definition) is 3. The summed E-state index contributed by atoms with van der Waals surface area (Å²) in [4.78, 5) is 12.5. The van der Waals surface area contributed by atoms with Gasteiger partial charge in [0.2, 0.25) is 0 Å².